The molecule has 28 heavy (non-hydrogen) atoms. The SMILES string of the molecule is Cc1ccc(OC[C@H]2O[C@@H](n3cncc3N)C[C@@H]2Oc2ccc(C)cc2)cc1. The van der Waals surface area contributed by atoms with E-state index in [1.165, 1.54) is 11.1 Å². The molecular formula is C22H25N3O3. The van der Waals surface area contributed by atoms with E-state index in [9.17, 15) is 0 Å². The molecule has 2 heterocycles. The Balaban J connectivity index is 1.48. The third kappa shape index (κ3) is 4.12. The van der Waals surface area contributed by atoms with E-state index in [0.717, 1.165) is 11.5 Å². The van der Waals surface area contributed by atoms with Gasteiger partial charge in [-0.3, -0.25) is 4.57 Å². The van der Waals surface area contributed by atoms with Crippen LogP contribution in [0.4, 0.5) is 5.82 Å². The fraction of sp³-hybridized carbons (Fsp3) is 0.318. The van der Waals surface area contributed by atoms with Gasteiger partial charge in [-0.2, -0.15) is 0 Å². The van der Waals surface area contributed by atoms with Crippen molar-refractivity contribution in [3.63, 3.8) is 0 Å². The monoisotopic (exact) mass is 379 g/mol. The maximum absolute atomic E-state index is 6.24. The fourth-order valence-electron chi connectivity index (χ4n) is 3.31. The molecule has 6 heteroatoms. The molecule has 1 saturated heterocycles. The van der Waals surface area contributed by atoms with Gasteiger partial charge in [-0.1, -0.05) is 35.4 Å². The zero-order valence-electron chi connectivity index (χ0n) is 16.1. The van der Waals surface area contributed by atoms with Crippen LogP contribution in [0.15, 0.2) is 61.1 Å². The van der Waals surface area contributed by atoms with E-state index in [1.807, 2.05) is 53.1 Å². The molecule has 1 aliphatic rings. The average Bonchev–Trinajstić information content (AvgIpc) is 3.29. The van der Waals surface area contributed by atoms with Crippen molar-refractivity contribution in [1.29, 1.82) is 0 Å². The van der Waals surface area contributed by atoms with Crippen molar-refractivity contribution in [3.05, 3.63) is 72.2 Å². The Hall–Kier alpha value is -2.99. The summed E-state index contributed by atoms with van der Waals surface area (Å²) in [6, 6.07) is 16.0. The summed E-state index contributed by atoms with van der Waals surface area (Å²) >= 11 is 0. The first-order valence-corrected chi connectivity index (χ1v) is 9.44. The van der Waals surface area contributed by atoms with Crippen LogP contribution < -0.4 is 15.2 Å². The van der Waals surface area contributed by atoms with Crippen LogP contribution in [0.2, 0.25) is 0 Å². The number of aromatic nitrogens is 2. The van der Waals surface area contributed by atoms with E-state index < -0.39 is 0 Å². The molecule has 3 aromatic rings. The molecule has 4 rings (SSSR count). The number of rotatable bonds is 6. The van der Waals surface area contributed by atoms with Crippen LogP contribution in [-0.2, 0) is 4.74 Å². The highest BCUT2D eigenvalue weighted by molar-refractivity contribution is 5.28. The molecule has 2 N–H and O–H groups in total. The zero-order valence-corrected chi connectivity index (χ0v) is 16.1. The quantitative estimate of drug-likeness (QED) is 0.703. The highest BCUT2D eigenvalue weighted by Crippen LogP contribution is 2.33. The van der Waals surface area contributed by atoms with Crippen molar-refractivity contribution in [1.82, 2.24) is 9.55 Å². The van der Waals surface area contributed by atoms with E-state index in [1.54, 1.807) is 12.5 Å². The normalized spacial score (nSPS) is 21.6. The minimum Gasteiger partial charge on any atom is -0.491 e. The number of nitrogens with zero attached hydrogens (tertiary/aromatic N) is 2. The second-order valence-electron chi connectivity index (χ2n) is 7.18. The zero-order chi connectivity index (χ0) is 19.5. The summed E-state index contributed by atoms with van der Waals surface area (Å²) in [5.41, 5.74) is 8.40. The van der Waals surface area contributed by atoms with Crippen LogP contribution in [0.5, 0.6) is 11.5 Å². The van der Waals surface area contributed by atoms with Crippen LogP contribution in [0.1, 0.15) is 23.8 Å². The summed E-state index contributed by atoms with van der Waals surface area (Å²) in [5.74, 6) is 2.20. The smallest absolute Gasteiger partial charge is 0.140 e. The fourth-order valence-corrected chi connectivity index (χ4v) is 3.31. The first-order chi connectivity index (χ1) is 13.6. The predicted molar refractivity (Wildman–Crippen MR) is 107 cm³/mol. The van der Waals surface area contributed by atoms with E-state index >= 15 is 0 Å². The van der Waals surface area contributed by atoms with Crippen molar-refractivity contribution >= 4 is 5.82 Å². The van der Waals surface area contributed by atoms with Gasteiger partial charge >= 0.3 is 0 Å². The van der Waals surface area contributed by atoms with Gasteiger partial charge in [0, 0.05) is 6.42 Å². The van der Waals surface area contributed by atoms with E-state index in [4.69, 9.17) is 19.9 Å². The Kier molecular flexibility index (Phi) is 5.21. The number of benzene rings is 2. The van der Waals surface area contributed by atoms with Gasteiger partial charge in [0.15, 0.2) is 0 Å². The lowest BCUT2D eigenvalue weighted by atomic mass is 10.1. The van der Waals surface area contributed by atoms with Gasteiger partial charge in [0.05, 0.1) is 12.5 Å². The van der Waals surface area contributed by atoms with Crippen LogP contribution >= 0.6 is 0 Å². The third-order valence-electron chi connectivity index (χ3n) is 4.93. The van der Waals surface area contributed by atoms with E-state index in [-0.39, 0.29) is 18.4 Å². The van der Waals surface area contributed by atoms with Crippen molar-refractivity contribution in [3.8, 4) is 11.5 Å². The molecule has 0 amide bonds. The number of aryl methyl sites for hydroxylation is 2. The van der Waals surface area contributed by atoms with Crippen LogP contribution in [0.3, 0.4) is 0 Å². The van der Waals surface area contributed by atoms with E-state index in [0.29, 0.717) is 18.8 Å². The Labute approximate surface area is 164 Å². The summed E-state index contributed by atoms with van der Waals surface area (Å²) in [5, 5.41) is 0. The first-order valence-electron chi connectivity index (χ1n) is 9.44. The van der Waals surface area contributed by atoms with Crippen LogP contribution in [0.25, 0.3) is 0 Å². The summed E-state index contributed by atoms with van der Waals surface area (Å²) < 4.78 is 20.3. The highest BCUT2D eigenvalue weighted by atomic mass is 16.6. The van der Waals surface area contributed by atoms with Gasteiger partial charge < -0.3 is 19.9 Å². The summed E-state index contributed by atoms with van der Waals surface area (Å²) in [7, 11) is 0. The standard InChI is InChI=1S/C22H25N3O3/c1-15-3-7-17(8-4-15)26-13-20-19(27-18-9-5-16(2)6-10-18)11-22(28-20)25-14-24-12-21(25)23/h3-10,12,14,19-20,22H,11,13,23H2,1-2H3/t19-,20+,22+/m0/s1. The molecule has 0 saturated carbocycles. The van der Waals surface area contributed by atoms with Gasteiger partial charge in [-0.25, -0.2) is 4.98 Å². The number of anilines is 1. The molecule has 1 fully saturated rings. The topological polar surface area (TPSA) is 71.5 Å². The van der Waals surface area contributed by atoms with Crippen LogP contribution in [-0.4, -0.2) is 28.4 Å². The second kappa shape index (κ2) is 7.94. The molecule has 0 unspecified atom stereocenters. The van der Waals surface area contributed by atoms with Gasteiger partial charge in [-0.05, 0) is 38.1 Å². The molecule has 146 valence electrons. The van der Waals surface area contributed by atoms with Crippen LogP contribution in [0, 0.1) is 13.8 Å². The number of nitrogen functional groups attached to an aromatic ring is 1. The maximum Gasteiger partial charge on any atom is 0.140 e. The number of ether oxygens (including phenoxy) is 3. The highest BCUT2D eigenvalue weighted by Gasteiger charge is 2.39. The molecule has 0 bridgehead atoms. The Morgan fingerprint density at radius 3 is 2.29 bits per heavy atom. The number of imidazole rings is 1. The van der Waals surface area contributed by atoms with Gasteiger partial charge in [0.1, 0.15) is 42.4 Å². The minimum atomic E-state index is -0.232. The third-order valence-corrected chi connectivity index (χ3v) is 4.93. The molecule has 6 nitrogen and oxygen atoms in total. The lowest BCUT2D eigenvalue weighted by Crippen LogP contribution is -2.32. The van der Waals surface area contributed by atoms with Crippen molar-refractivity contribution in [2.75, 3.05) is 12.3 Å². The Morgan fingerprint density at radius 2 is 1.68 bits per heavy atom. The molecule has 3 atom stereocenters. The molecule has 1 aromatic heterocycles. The number of nitrogens with two attached hydrogens (primary N) is 1. The first kappa shape index (κ1) is 18.4. The van der Waals surface area contributed by atoms with Gasteiger partial charge in [0.2, 0.25) is 0 Å². The number of hydrogen-bond donors (Lipinski definition) is 1. The summed E-state index contributed by atoms with van der Waals surface area (Å²) in [4.78, 5) is 4.10. The van der Waals surface area contributed by atoms with Gasteiger partial charge in [-0.15, -0.1) is 0 Å². The minimum absolute atomic E-state index is 0.153. The average molecular weight is 379 g/mol. The van der Waals surface area contributed by atoms with E-state index in [2.05, 4.69) is 18.8 Å². The maximum atomic E-state index is 6.24. The molecule has 1 aliphatic heterocycles. The van der Waals surface area contributed by atoms with Crippen molar-refractivity contribution < 1.29 is 14.2 Å². The lowest BCUT2D eigenvalue weighted by molar-refractivity contribution is -0.0346. The lowest BCUT2D eigenvalue weighted by Gasteiger charge is -2.20. The molecule has 0 spiro atoms. The summed E-state index contributed by atoms with van der Waals surface area (Å²) in [6.45, 7) is 4.50. The van der Waals surface area contributed by atoms with Crippen molar-refractivity contribution in [2.45, 2.75) is 38.7 Å². The molecule has 0 radical (unpaired) electrons. The largest absolute Gasteiger partial charge is 0.491 e. The molecule has 0 aliphatic carbocycles. The van der Waals surface area contributed by atoms with Gasteiger partial charge in [0.25, 0.3) is 0 Å². The predicted octanol–water partition coefficient (Wildman–Crippen LogP) is 3.90. The molecular weight excluding hydrogens is 354 g/mol. The molecule has 2 aromatic carbocycles. The number of hydrogen-bond acceptors (Lipinski definition) is 5. The second-order valence-corrected chi connectivity index (χ2v) is 7.18. The Bertz CT molecular complexity index is 906. The van der Waals surface area contributed by atoms with Crippen molar-refractivity contribution in [2.24, 2.45) is 0 Å². The Morgan fingerprint density at radius 1 is 1.04 bits per heavy atom. The summed E-state index contributed by atoms with van der Waals surface area (Å²) in [6.07, 6.45) is 3.36.